The van der Waals surface area contributed by atoms with Gasteiger partial charge in [0.1, 0.15) is 10.7 Å². The van der Waals surface area contributed by atoms with Gasteiger partial charge >= 0.3 is 0 Å². The van der Waals surface area contributed by atoms with E-state index >= 15 is 0 Å². The number of thiophene rings is 1. The fraction of sp³-hybridized carbons (Fsp3) is 0.625. The van der Waals surface area contributed by atoms with Crippen molar-refractivity contribution in [3.05, 3.63) is 26.6 Å². The lowest BCUT2D eigenvalue weighted by molar-refractivity contribution is 0.149. The highest BCUT2D eigenvalue weighted by molar-refractivity contribution is 7.18. The zero-order chi connectivity index (χ0) is 14.4. The minimum absolute atomic E-state index is 0.0686. The van der Waals surface area contributed by atoms with E-state index in [1.165, 1.54) is 36.1 Å². The van der Waals surface area contributed by atoms with Crippen LogP contribution in [0.4, 0.5) is 0 Å². The van der Waals surface area contributed by atoms with Crippen molar-refractivity contribution < 1.29 is 0 Å². The summed E-state index contributed by atoms with van der Waals surface area (Å²) in [4.78, 5) is 25.0. The van der Waals surface area contributed by atoms with Crippen LogP contribution in [0, 0.1) is 0 Å². The second-order valence-corrected chi connectivity index (χ2v) is 7.45. The highest BCUT2D eigenvalue weighted by Crippen LogP contribution is 2.34. The van der Waals surface area contributed by atoms with E-state index in [4.69, 9.17) is 4.98 Å². The summed E-state index contributed by atoms with van der Waals surface area (Å²) in [6, 6.07) is 0.591. The summed E-state index contributed by atoms with van der Waals surface area (Å²) in [5, 5.41) is 0.864. The third kappa shape index (κ3) is 2.32. The SMILES string of the molecule is C[C@@H]1CCCCN1Cc1nc2sc3c(c2c(=O)[nH]1)CCC3. The largest absolute Gasteiger partial charge is 0.309 e. The molecule has 0 saturated carbocycles. The zero-order valence-corrected chi connectivity index (χ0v) is 13.3. The Hall–Kier alpha value is -1.20. The van der Waals surface area contributed by atoms with Crippen LogP contribution in [0.15, 0.2) is 4.79 Å². The lowest BCUT2D eigenvalue weighted by Crippen LogP contribution is -2.37. The van der Waals surface area contributed by atoms with Crippen molar-refractivity contribution in [3.63, 3.8) is 0 Å². The van der Waals surface area contributed by atoms with Crippen molar-refractivity contribution in [2.75, 3.05) is 6.54 Å². The molecule has 0 spiro atoms. The summed E-state index contributed by atoms with van der Waals surface area (Å²) in [6.07, 6.45) is 7.17. The van der Waals surface area contributed by atoms with Gasteiger partial charge in [-0.2, -0.15) is 0 Å². The van der Waals surface area contributed by atoms with Crippen LogP contribution in [0.25, 0.3) is 10.2 Å². The molecule has 1 N–H and O–H groups in total. The zero-order valence-electron chi connectivity index (χ0n) is 12.4. The summed E-state index contributed by atoms with van der Waals surface area (Å²) in [6.45, 7) is 4.16. The van der Waals surface area contributed by atoms with E-state index in [2.05, 4.69) is 16.8 Å². The van der Waals surface area contributed by atoms with Crippen LogP contribution in [-0.4, -0.2) is 27.5 Å². The van der Waals surface area contributed by atoms with Crippen LogP contribution >= 0.6 is 11.3 Å². The second kappa shape index (κ2) is 5.21. The number of rotatable bonds is 2. The quantitative estimate of drug-likeness (QED) is 0.928. The Labute approximate surface area is 128 Å². The Morgan fingerprint density at radius 1 is 1.33 bits per heavy atom. The molecule has 0 radical (unpaired) electrons. The van der Waals surface area contributed by atoms with Crippen molar-refractivity contribution in [1.29, 1.82) is 0 Å². The highest BCUT2D eigenvalue weighted by atomic mass is 32.1. The molecule has 1 fully saturated rings. The van der Waals surface area contributed by atoms with Gasteiger partial charge in [0.25, 0.3) is 5.56 Å². The lowest BCUT2D eigenvalue weighted by Gasteiger charge is -2.32. The van der Waals surface area contributed by atoms with E-state index in [1.54, 1.807) is 11.3 Å². The van der Waals surface area contributed by atoms with Gasteiger partial charge in [-0.15, -0.1) is 11.3 Å². The number of nitrogens with zero attached hydrogens (tertiary/aromatic N) is 2. The molecule has 1 aliphatic carbocycles. The van der Waals surface area contributed by atoms with Gasteiger partial charge in [0.2, 0.25) is 0 Å². The number of aromatic amines is 1. The van der Waals surface area contributed by atoms with Gasteiger partial charge in [0, 0.05) is 10.9 Å². The summed E-state index contributed by atoms with van der Waals surface area (Å²) in [7, 11) is 0. The number of nitrogens with one attached hydrogen (secondary N) is 1. The van der Waals surface area contributed by atoms with Crippen LogP contribution in [0.5, 0.6) is 0 Å². The van der Waals surface area contributed by atoms with Crippen molar-refractivity contribution >= 4 is 21.6 Å². The standard InChI is InChI=1S/C16H21N3OS/c1-10-5-2-3-8-19(10)9-13-17-15(20)14-11-6-4-7-12(11)21-16(14)18-13/h10H,2-9H2,1H3,(H,17,18,20)/t10-/m1/s1. The third-order valence-electron chi connectivity index (χ3n) is 4.92. The number of fused-ring (bicyclic) bond motifs is 3. The Morgan fingerprint density at radius 2 is 2.24 bits per heavy atom. The number of likely N-dealkylation sites (tertiary alicyclic amines) is 1. The first-order chi connectivity index (χ1) is 10.2. The molecule has 2 aromatic rings. The molecule has 0 unspecified atom stereocenters. The summed E-state index contributed by atoms with van der Waals surface area (Å²) in [5.41, 5.74) is 1.33. The average Bonchev–Trinajstić information content (AvgIpc) is 3.01. The molecular formula is C16H21N3OS. The molecule has 2 aliphatic rings. The molecule has 4 rings (SSSR count). The van der Waals surface area contributed by atoms with Gasteiger partial charge in [0.15, 0.2) is 0 Å². The first-order valence-corrected chi connectivity index (χ1v) is 8.81. The molecule has 1 aliphatic heterocycles. The van der Waals surface area contributed by atoms with E-state index in [1.807, 2.05) is 0 Å². The molecule has 112 valence electrons. The average molecular weight is 303 g/mol. The summed E-state index contributed by atoms with van der Waals surface area (Å²) < 4.78 is 0. The first-order valence-electron chi connectivity index (χ1n) is 8.00. The molecule has 0 amide bonds. The fourth-order valence-electron chi connectivity index (χ4n) is 3.71. The molecule has 0 aromatic carbocycles. The van der Waals surface area contributed by atoms with E-state index in [9.17, 15) is 4.79 Å². The molecule has 5 heteroatoms. The first kappa shape index (κ1) is 13.5. The van der Waals surface area contributed by atoms with Crippen molar-refractivity contribution in [2.45, 2.75) is 58.0 Å². The summed E-state index contributed by atoms with van der Waals surface area (Å²) in [5.74, 6) is 0.834. The van der Waals surface area contributed by atoms with Gasteiger partial charge in [-0.1, -0.05) is 6.42 Å². The molecule has 1 saturated heterocycles. The third-order valence-corrected chi connectivity index (χ3v) is 6.10. The van der Waals surface area contributed by atoms with Crippen molar-refractivity contribution in [2.24, 2.45) is 0 Å². The van der Waals surface area contributed by atoms with Crippen LogP contribution < -0.4 is 5.56 Å². The van der Waals surface area contributed by atoms with E-state index < -0.39 is 0 Å². The van der Waals surface area contributed by atoms with Gasteiger partial charge in [-0.25, -0.2) is 4.98 Å². The van der Waals surface area contributed by atoms with Crippen LogP contribution in [0.3, 0.4) is 0 Å². The Morgan fingerprint density at radius 3 is 3.10 bits per heavy atom. The topological polar surface area (TPSA) is 49.0 Å². The number of H-pyrrole nitrogens is 1. The Bertz CT molecular complexity index is 733. The molecule has 0 bridgehead atoms. The predicted molar refractivity (Wildman–Crippen MR) is 86.0 cm³/mol. The minimum atomic E-state index is 0.0686. The van der Waals surface area contributed by atoms with Gasteiger partial charge in [-0.05, 0) is 51.1 Å². The van der Waals surface area contributed by atoms with E-state index in [0.717, 1.165) is 42.0 Å². The second-order valence-electron chi connectivity index (χ2n) is 6.37. The van der Waals surface area contributed by atoms with Crippen molar-refractivity contribution in [1.82, 2.24) is 14.9 Å². The van der Waals surface area contributed by atoms with E-state index in [-0.39, 0.29) is 5.56 Å². The fourth-order valence-corrected chi connectivity index (χ4v) is 4.99. The van der Waals surface area contributed by atoms with E-state index in [0.29, 0.717) is 6.04 Å². The molecule has 3 heterocycles. The van der Waals surface area contributed by atoms with Crippen molar-refractivity contribution in [3.8, 4) is 0 Å². The van der Waals surface area contributed by atoms with Gasteiger partial charge < -0.3 is 4.98 Å². The summed E-state index contributed by atoms with van der Waals surface area (Å²) >= 11 is 1.73. The van der Waals surface area contributed by atoms with Crippen LogP contribution in [0.2, 0.25) is 0 Å². The lowest BCUT2D eigenvalue weighted by atomic mass is 10.0. The minimum Gasteiger partial charge on any atom is -0.309 e. The number of aryl methyl sites for hydroxylation is 2. The molecule has 1 atom stereocenters. The molecular weight excluding hydrogens is 282 g/mol. The maximum Gasteiger partial charge on any atom is 0.259 e. The molecule has 4 nitrogen and oxygen atoms in total. The monoisotopic (exact) mass is 303 g/mol. The van der Waals surface area contributed by atoms with Crippen LogP contribution in [-0.2, 0) is 19.4 Å². The maximum absolute atomic E-state index is 12.4. The number of aromatic nitrogens is 2. The van der Waals surface area contributed by atoms with Gasteiger partial charge in [-0.3, -0.25) is 9.69 Å². The molecule has 2 aromatic heterocycles. The predicted octanol–water partition coefficient (Wildman–Crippen LogP) is 2.85. The van der Waals surface area contributed by atoms with Gasteiger partial charge in [0.05, 0.1) is 11.9 Å². The Balaban J connectivity index is 1.69. The maximum atomic E-state index is 12.4. The number of piperidine rings is 1. The Kier molecular flexibility index (Phi) is 3.34. The normalized spacial score (nSPS) is 22.8. The smallest absolute Gasteiger partial charge is 0.259 e. The number of hydrogen-bond donors (Lipinski definition) is 1. The van der Waals surface area contributed by atoms with Crippen LogP contribution in [0.1, 0.15) is 48.9 Å². The molecule has 21 heavy (non-hydrogen) atoms. The highest BCUT2D eigenvalue weighted by Gasteiger charge is 2.23. The number of hydrogen-bond acceptors (Lipinski definition) is 4.